The third kappa shape index (κ3) is 6.20. The molecule has 180 valence electrons. The van der Waals surface area contributed by atoms with E-state index in [1.807, 2.05) is 12.1 Å². The molecule has 9 heteroatoms. The number of halogens is 1. The van der Waals surface area contributed by atoms with Gasteiger partial charge in [-0.3, -0.25) is 19.5 Å². The van der Waals surface area contributed by atoms with Crippen LogP contribution < -0.4 is 10.1 Å². The maximum atomic E-state index is 13.4. The fourth-order valence-electron chi connectivity index (χ4n) is 3.34. The quantitative estimate of drug-likeness (QED) is 0.490. The summed E-state index contributed by atoms with van der Waals surface area (Å²) < 4.78 is 25.4. The zero-order valence-corrected chi connectivity index (χ0v) is 19.7. The van der Waals surface area contributed by atoms with Gasteiger partial charge < -0.3 is 14.4 Å². The van der Waals surface area contributed by atoms with Gasteiger partial charge in [-0.15, -0.1) is 0 Å². The van der Waals surface area contributed by atoms with Crippen LogP contribution >= 0.6 is 0 Å². The third-order valence-electron chi connectivity index (χ3n) is 5.15. The lowest BCUT2D eigenvalue weighted by Crippen LogP contribution is -2.42. The van der Waals surface area contributed by atoms with Crippen LogP contribution in [0.3, 0.4) is 0 Å². The van der Waals surface area contributed by atoms with E-state index in [4.69, 9.17) is 9.47 Å². The largest absolute Gasteiger partial charge is 0.497 e. The van der Waals surface area contributed by atoms with E-state index in [-0.39, 0.29) is 30.1 Å². The third-order valence-corrected chi connectivity index (χ3v) is 5.15. The maximum Gasteiger partial charge on any atom is 0.246 e. The Hall–Kier alpha value is -3.72. The molecule has 0 fully saturated rings. The van der Waals surface area contributed by atoms with E-state index in [2.05, 4.69) is 10.3 Å². The van der Waals surface area contributed by atoms with Crippen LogP contribution in [0.4, 0.5) is 10.3 Å². The Morgan fingerprint density at radius 1 is 1.09 bits per heavy atom. The van der Waals surface area contributed by atoms with Crippen LogP contribution in [0.15, 0.2) is 54.7 Å². The number of hydrogen-bond acceptors (Lipinski definition) is 5. The van der Waals surface area contributed by atoms with Gasteiger partial charge in [0.25, 0.3) is 0 Å². The summed E-state index contributed by atoms with van der Waals surface area (Å²) in [7, 11) is 3.12. The smallest absolute Gasteiger partial charge is 0.246 e. The van der Waals surface area contributed by atoms with Gasteiger partial charge in [0.05, 0.1) is 19.4 Å². The molecule has 0 unspecified atom stereocenters. The van der Waals surface area contributed by atoms with Gasteiger partial charge >= 0.3 is 0 Å². The van der Waals surface area contributed by atoms with Crippen molar-refractivity contribution in [1.29, 1.82) is 0 Å². The number of hydrogen-bond donors (Lipinski definition) is 1. The van der Waals surface area contributed by atoms with Crippen molar-refractivity contribution in [1.82, 2.24) is 14.5 Å². The van der Waals surface area contributed by atoms with E-state index in [9.17, 15) is 14.0 Å². The molecule has 0 aliphatic heterocycles. The molecule has 3 rings (SSSR count). The van der Waals surface area contributed by atoms with Gasteiger partial charge in [0.2, 0.25) is 17.8 Å². The second kappa shape index (κ2) is 11.4. The van der Waals surface area contributed by atoms with Crippen molar-refractivity contribution in [3.63, 3.8) is 0 Å². The molecule has 0 radical (unpaired) electrons. The van der Waals surface area contributed by atoms with Crippen molar-refractivity contribution in [2.75, 3.05) is 39.2 Å². The minimum Gasteiger partial charge on any atom is -0.497 e. The number of ether oxygens (including phenoxy) is 2. The predicted molar refractivity (Wildman–Crippen MR) is 127 cm³/mol. The number of methoxy groups -OCH3 is 2. The van der Waals surface area contributed by atoms with Crippen LogP contribution in [0.5, 0.6) is 5.75 Å². The lowest BCUT2D eigenvalue weighted by molar-refractivity contribution is -0.138. The number of imidazole rings is 1. The van der Waals surface area contributed by atoms with Crippen LogP contribution in [0.2, 0.25) is 0 Å². The molecule has 0 aliphatic rings. The molecule has 0 aliphatic carbocycles. The van der Waals surface area contributed by atoms with Crippen molar-refractivity contribution in [2.24, 2.45) is 5.92 Å². The second-order valence-electron chi connectivity index (χ2n) is 7.98. The number of nitrogens with zero attached hydrogens (tertiary/aromatic N) is 3. The number of benzene rings is 2. The Kier molecular flexibility index (Phi) is 8.37. The Balaban J connectivity index is 1.90. The van der Waals surface area contributed by atoms with E-state index in [1.54, 1.807) is 63.1 Å². The van der Waals surface area contributed by atoms with Gasteiger partial charge in [-0.05, 0) is 48.5 Å². The topological polar surface area (TPSA) is 85.7 Å². The number of aromatic nitrogens is 2. The molecule has 0 atom stereocenters. The van der Waals surface area contributed by atoms with Crippen LogP contribution in [0.25, 0.3) is 16.9 Å². The molecule has 2 amide bonds. The molecule has 1 aromatic heterocycles. The molecule has 34 heavy (non-hydrogen) atoms. The first kappa shape index (κ1) is 24.9. The van der Waals surface area contributed by atoms with Crippen molar-refractivity contribution >= 4 is 17.8 Å². The first-order valence-electron chi connectivity index (χ1n) is 10.9. The molecule has 8 nitrogen and oxygen atoms in total. The first-order valence-corrected chi connectivity index (χ1v) is 10.9. The highest BCUT2D eigenvalue weighted by molar-refractivity contribution is 5.94. The summed E-state index contributed by atoms with van der Waals surface area (Å²) in [5.74, 6) is -0.171. The minimum absolute atomic E-state index is 0.137. The second-order valence-corrected chi connectivity index (χ2v) is 7.98. The number of carbonyl (C=O) groups is 2. The normalized spacial score (nSPS) is 10.9. The number of carbonyl (C=O) groups excluding carboxylic acids is 2. The molecule has 0 bridgehead atoms. The number of amides is 2. The number of anilines is 1. The highest BCUT2D eigenvalue weighted by Gasteiger charge is 2.21. The molecule has 3 aromatic rings. The summed E-state index contributed by atoms with van der Waals surface area (Å²) in [5.41, 5.74) is 1.99. The van der Waals surface area contributed by atoms with Crippen molar-refractivity contribution < 1.29 is 23.5 Å². The molecule has 1 N–H and O–H groups in total. The molecular weight excluding hydrogens is 439 g/mol. The summed E-state index contributed by atoms with van der Waals surface area (Å²) >= 11 is 0. The lowest BCUT2D eigenvalue weighted by atomic mass is 10.2. The maximum absolute atomic E-state index is 13.4. The minimum atomic E-state index is -0.392. The highest BCUT2D eigenvalue weighted by Crippen LogP contribution is 2.25. The molecule has 0 saturated carbocycles. The summed E-state index contributed by atoms with van der Waals surface area (Å²) in [6.07, 6.45) is 1.76. The predicted octanol–water partition coefficient (Wildman–Crippen LogP) is 3.76. The van der Waals surface area contributed by atoms with Gasteiger partial charge in [0.15, 0.2) is 0 Å². The molecule has 0 spiro atoms. The van der Waals surface area contributed by atoms with Gasteiger partial charge in [-0.1, -0.05) is 13.8 Å². The van der Waals surface area contributed by atoms with Crippen LogP contribution in [0.1, 0.15) is 13.8 Å². The zero-order valence-electron chi connectivity index (χ0n) is 19.7. The summed E-state index contributed by atoms with van der Waals surface area (Å²) in [6.45, 7) is 4.05. The average Bonchev–Trinajstić information content (AvgIpc) is 3.25. The first-order chi connectivity index (χ1) is 16.3. The van der Waals surface area contributed by atoms with E-state index >= 15 is 0 Å². The standard InChI is InChI=1S/C25H29FN4O4/c1-17(2)24(32)29(13-14-33-3)16-23(31)28-25-27-22(18-5-7-19(26)8-6-18)15-30(25)20-9-11-21(34-4)12-10-20/h5-12,15,17H,13-14,16H2,1-4H3,(H,27,28,31). The lowest BCUT2D eigenvalue weighted by Gasteiger charge is -2.23. The van der Waals surface area contributed by atoms with Gasteiger partial charge in [-0.25, -0.2) is 9.37 Å². The molecular formula is C25H29FN4O4. The van der Waals surface area contributed by atoms with E-state index in [0.717, 1.165) is 5.69 Å². The Morgan fingerprint density at radius 3 is 2.35 bits per heavy atom. The molecule has 0 saturated heterocycles. The summed E-state index contributed by atoms with van der Waals surface area (Å²) in [6, 6.07) is 13.2. The Bertz CT molecular complexity index is 1110. The summed E-state index contributed by atoms with van der Waals surface area (Å²) in [4.78, 5) is 31.5. The fourth-order valence-corrected chi connectivity index (χ4v) is 3.34. The van der Waals surface area contributed by atoms with Gasteiger partial charge in [0.1, 0.15) is 18.1 Å². The van der Waals surface area contributed by atoms with Gasteiger partial charge in [-0.2, -0.15) is 0 Å². The van der Waals surface area contributed by atoms with Crippen LogP contribution in [-0.4, -0.2) is 60.2 Å². The zero-order chi connectivity index (χ0) is 24.7. The van der Waals surface area contributed by atoms with E-state index in [0.29, 0.717) is 30.2 Å². The highest BCUT2D eigenvalue weighted by atomic mass is 19.1. The fraction of sp³-hybridized carbons (Fsp3) is 0.320. The Morgan fingerprint density at radius 2 is 1.76 bits per heavy atom. The van der Waals surface area contributed by atoms with Crippen LogP contribution in [-0.2, 0) is 14.3 Å². The van der Waals surface area contributed by atoms with E-state index in [1.165, 1.54) is 17.0 Å². The van der Waals surface area contributed by atoms with E-state index < -0.39 is 5.91 Å². The monoisotopic (exact) mass is 468 g/mol. The number of rotatable bonds is 10. The van der Waals surface area contributed by atoms with Gasteiger partial charge in [0, 0.05) is 37.0 Å². The average molecular weight is 469 g/mol. The van der Waals surface area contributed by atoms with Crippen molar-refractivity contribution in [2.45, 2.75) is 13.8 Å². The Labute approximate surface area is 198 Å². The SMILES string of the molecule is COCCN(CC(=O)Nc1nc(-c2ccc(F)cc2)cn1-c1ccc(OC)cc1)C(=O)C(C)C. The molecule has 2 aromatic carbocycles. The van der Waals surface area contributed by atoms with Crippen LogP contribution in [0, 0.1) is 11.7 Å². The number of nitrogens with one attached hydrogen (secondary N) is 1. The summed E-state index contributed by atoms with van der Waals surface area (Å²) in [5, 5.41) is 2.81. The van der Waals surface area contributed by atoms with Crippen molar-refractivity contribution in [3.05, 3.63) is 60.5 Å². The van der Waals surface area contributed by atoms with Crippen molar-refractivity contribution in [3.8, 4) is 22.7 Å². The molecule has 1 heterocycles.